The van der Waals surface area contributed by atoms with Gasteiger partial charge in [0.15, 0.2) is 0 Å². The van der Waals surface area contributed by atoms with Crippen LogP contribution in [0, 0.1) is 0 Å². The first-order valence-corrected chi connectivity index (χ1v) is 9.80. The predicted molar refractivity (Wildman–Crippen MR) is 112 cm³/mol. The highest BCUT2D eigenvalue weighted by Gasteiger charge is 2.20. The van der Waals surface area contributed by atoms with Gasteiger partial charge in [0.05, 0.1) is 39.8 Å². The van der Waals surface area contributed by atoms with Crippen molar-refractivity contribution in [2.24, 2.45) is 5.10 Å². The number of nitrogens with one attached hydrogen (secondary N) is 1. The molecule has 2 aliphatic rings. The second-order valence-electron chi connectivity index (χ2n) is 6.75. The van der Waals surface area contributed by atoms with E-state index in [2.05, 4.69) is 35.3 Å². The molecule has 2 N–H and O–H groups in total. The van der Waals surface area contributed by atoms with Gasteiger partial charge in [0.25, 0.3) is 0 Å². The minimum atomic E-state index is 0.0972. The number of aromatic nitrogens is 3. The Kier molecular flexibility index (Phi) is 6.40. The third-order valence-electron chi connectivity index (χ3n) is 4.80. The van der Waals surface area contributed by atoms with E-state index in [-0.39, 0.29) is 5.75 Å². The Morgan fingerprint density at radius 1 is 1.00 bits per heavy atom. The minimum Gasteiger partial charge on any atom is -0.507 e. The maximum Gasteiger partial charge on any atom is 0.250 e. The van der Waals surface area contributed by atoms with Crippen molar-refractivity contribution in [1.82, 2.24) is 15.0 Å². The molecule has 1 aromatic heterocycles. The zero-order chi connectivity index (χ0) is 20.8. The molecule has 0 spiro atoms. The lowest BCUT2D eigenvalue weighted by Crippen LogP contribution is -2.40. The zero-order valence-corrected chi connectivity index (χ0v) is 16.8. The van der Waals surface area contributed by atoms with Crippen LogP contribution in [0.25, 0.3) is 0 Å². The topological polar surface area (TPSA) is 117 Å². The third-order valence-corrected chi connectivity index (χ3v) is 4.80. The van der Waals surface area contributed by atoms with Crippen LogP contribution in [0.1, 0.15) is 5.56 Å². The number of morpholine rings is 2. The molecule has 0 aliphatic carbocycles. The van der Waals surface area contributed by atoms with E-state index < -0.39 is 0 Å². The average molecular weight is 415 g/mol. The van der Waals surface area contributed by atoms with Crippen molar-refractivity contribution in [1.29, 1.82) is 0 Å². The van der Waals surface area contributed by atoms with E-state index >= 15 is 0 Å². The molecule has 2 aromatic rings. The van der Waals surface area contributed by atoms with Crippen LogP contribution in [0.4, 0.5) is 17.8 Å². The number of hydrogen-bond acceptors (Lipinski definition) is 11. The van der Waals surface area contributed by atoms with Gasteiger partial charge in [0, 0.05) is 31.7 Å². The van der Waals surface area contributed by atoms with Crippen molar-refractivity contribution in [3.8, 4) is 11.5 Å². The van der Waals surface area contributed by atoms with Crippen molar-refractivity contribution < 1.29 is 19.3 Å². The largest absolute Gasteiger partial charge is 0.507 e. The molecule has 0 amide bonds. The van der Waals surface area contributed by atoms with Crippen LogP contribution in [0.3, 0.4) is 0 Å². The molecule has 11 heteroatoms. The molecule has 11 nitrogen and oxygen atoms in total. The van der Waals surface area contributed by atoms with Gasteiger partial charge in [-0.05, 0) is 18.2 Å². The number of benzene rings is 1. The van der Waals surface area contributed by atoms with Crippen LogP contribution in [-0.4, -0.2) is 86.0 Å². The molecule has 30 heavy (non-hydrogen) atoms. The summed E-state index contributed by atoms with van der Waals surface area (Å²) in [6.07, 6.45) is 1.49. The van der Waals surface area contributed by atoms with Crippen LogP contribution >= 0.6 is 0 Å². The Morgan fingerprint density at radius 2 is 1.60 bits per heavy atom. The van der Waals surface area contributed by atoms with E-state index in [0.29, 0.717) is 81.8 Å². The minimum absolute atomic E-state index is 0.0972. The molecule has 3 heterocycles. The van der Waals surface area contributed by atoms with Crippen LogP contribution in [-0.2, 0) is 9.47 Å². The van der Waals surface area contributed by atoms with E-state index in [1.165, 1.54) is 6.21 Å². The van der Waals surface area contributed by atoms with E-state index in [1.807, 2.05) is 0 Å². The van der Waals surface area contributed by atoms with Crippen molar-refractivity contribution in [3.63, 3.8) is 0 Å². The normalized spacial score (nSPS) is 17.4. The molecule has 160 valence electrons. The first-order valence-electron chi connectivity index (χ1n) is 9.80. The van der Waals surface area contributed by atoms with Gasteiger partial charge in [-0.2, -0.15) is 20.1 Å². The van der Waals surface area contributed by atoms with Crippen LogP contribution in [0.2, 0.25) is 0 Å². The number of rotatable bonds is 6. The molecule has 2 fully saturated rings. The summed E-state index contributed by atoms with van der Waals surface area (Å²) in [7, 11) is 1.57. The second-order valence-corrected chi connectivity index (χ2v) is 6.75. The van der Waals surface area contributed by atoms with E-state index in [0.717, 1.165) is 0 Å². The Labute approximate surface area is 174 Å². The van der Waals surface area contributed by atoms with Crippen molar-refractivity contribution in [2.75, 3.05) is 74.9 Å². The SMILES string of the molecule is COc1ccc(O)c(/C=N/Nc2nc(N3CCOCC3)nc(N3CCOCC3)n2)c1. The third kappa shape index (κ3) is 4.86. The first kappa shape index (κ1) is 20.1. The highest BCUT2D eigenvalue weighted by Crippen LogP contribution is 2.22. The lowest BCUT2D eigenvalue weighted by Gasteiger charge is -2.30. The Morgan fingerprint density at radius 3 is 2.17 bits per heavy atom. The second kappa shape index (κ2) is 9.55. The summed E-state index contributed by atoms with van der Waals surface area (Å²) in [6, 6.07) is 4.91. The fraction of sp³-hybridized carbons (Fsp3) is 0.474. The zero-order valence-electron chi connectivity index (χ0n) is 16.8. The van der Waals surface area contributed by atoms with Crippen molar-refractivity contribution in [3.05, 3.63) is 23.8 Å². The highest BCUT2D eigenvalue weighted by atomic mass is 16.5. The van der Waals surface area contributed by atoms with Crippen LogP contribution < -0.4 is 20.0 Å². The van der Waals surface area contributed by atoms with Gasteiger partial charge in [0.1, 0.15) is 11.5 Å². The Bertz CT molecular complexity index is 847. The first-order chi connectivity index (χ1) is 14.7. The molecule has 0 unspecified atom stereocenters. The monoisotopic (exact) mass is 415 g/mol. The van der Waals surface area contributed by atoms with Gasteiger partial charge < -0.3 is 29.1 Å². The van der Waals surface area contributed by atoms with Gasteiger partial charge in [-0.3, -0.25) is 0 Å². The van der Waals surface area contributed by atoms with E-state index in [9.17, 15) is 5.11 Å². The molecule has 0 radical (unpaired) electrons. The van der Waals surface area contributed by atoms with Crippen LogP contribution in [0.5, 0.6) is 11.5 Å². The van der Waals surface area contributed by atoms with Crippen LogP contribution in [0.15, 0.2) is 23.3 Å². The highest BCUT2D eigenvalue weighted by molar-refractivity contribution is 5.84. The summed E-state index contributed by atoms with van der Waals surface area (Å²) >= 11 is 0. The molecule has 2 saturated heterocycles. The number of anilines is 3. The van der Waals surface area contributed by atoms with Crippen molar-refractivity contribution in [2.45, 2.75) is 0 Å². The standard InChI is InChI=1S/C19H25N7O4/c1-28-15-2-3-16(27)14(12-15)13-20-24-17-21-18(25-4-8-29-9-5-25)23-19(22-17)26-6-10-30-11-7-26/h2-3,12-13,27H,4-11H2,1H3,(H,21,22,23,24)/b20-13+. The average Bonchev–Trinajstić information content (AvgIpc) is 2.81. The lowest BCUT2D eigenvalue weighted by atomic mass is 10.2. The number of phenols is 1. The molecule has 0 saturated carbocycles. The quantitative estimate of drug-likeness (QED) is 0.516. The number of ether oxygens (including phenoxy) is 3. The lowest BCUT2D eigenvalue weighted by molar-refractivity contribution is 0.121. The number of hydrogen-bond donors (Lipinski definition) is 2. The number of methoxy groups -OCH3 is 1. The Hall–Kier alpha value is -3.18. The molecule has 1 aromatic carbocycles. The summed E-state index contributed by atoms with van der Waals surface area (Å²) in [5.74, 6) is 2.21. The molecular formula is C19H25N7O4. The molecular weight excluding hydrogens is 390 g/mol. The Balaban J connectivity index is 1.56. The van der Waals surface area contributed by atoms with Gasteiger partial charge in [-0.25, -0.2) is 5.43 Å². The molecule has 2 aliphatic heterocycles. The molecule has 0 atom stereocenters. The number of hydrazone groups is 1. The maximum absolute atomic E-state index is 10.0. The summed E-state index contributed by atoms with van der Waals surface area (Å²) < 4.78 is 16.0. The maximum atomic E-state index is 10.0. The number of phenolic OH excluding ortho intramolecular Hbond substituents is 1. The number of aromatic hydroxyl groups is 1. The van der Waals surface area contributed by atoms with Gasteiger partial charge >= 0.3 is 0 Å². The fourth-order valence-corrected chi connectivity index (χ4v) is 3.14. The summed E-state index contributed by atoms with van der Waals surface area (Å²) in [6.45, 7) is 5.40. The summed E-state index contributed by atoms with van der Waals surface area (Å²) in [5, 5.41) is 14.2. The van der Waals surface area contributed by atoms with Gasteiger partial charge in [-0.1, -0.05) is 0 Å². The summed E-state index contributed by atoms with van der Waals surface area (Å²) in [5.41, 5.74) is 3.37. The number of nitrogens with zero attached hydrogens (tertiary/aromatic N) is 6. The smallest absolute Gasteiger partial charge is 0.250 e. The predicted octanol–water partition coefficient (Wildman–Crippen LogP) is 0.705. The van der Waals surface area contributed by atoms with Gasteiger partial charge in [-0.15, -0.1) is 0 Å². The fourth-order valence-electron chi connectivity index (χ4n) is 3.14. The summed E-state index contributed by atoms with van der Waals surface area (Å²) in [4.78, 5) is 17.8. The molecule has 4 rings (SSSR count). The molecule has 0 bridgehead atoms. The van der Waals surface area contributed by atoms with Crippen molar-refractivity contribution >= 4 is 24.1 Å². The van der Waals surface area contributed by atoms with E-state index in [1.54, 1.807) is 25.3 Å². The van der Waals surface area contributed by atoms with Gasteiger partial charge in [0.2, 0.25) is 17.8 Å². The van der Waals surface area contributed by atoms with E-state index in [4.69, 9.17) is 14.2 Å².